The number of carbonyl (C=O) groups excluding carboxylic acids is 1. The van der Waals surface area contributed by atoms with Crippen LogP contribution in [-0.2, 0) is 15.0 Å². The molecule has 0 saturated heterocycles. The maximum absolute atomic E-state index is 12.2. The van der Waals surface area contributed by atoms with Crippen molar-refractivity contribution in [1.29, 1.82) is 0 Å². The summed E-state index contributed by atoms with van der Waals surface area (Å²) in [6.07, 6.45) is 6.96. The third-order valence-electron chi connectivity index (χ3n) is 3.21. The van der Waals surface area contributed by atoms with Crippen molar-refractivity contribution in [1.82, 2.24) is 0 Å². The van der Waals surface area contributed by atoms with Gasteiger partial charge in [0.25, 0.3) is 16.1 Å². The van der Waals surface area contributed by atoms with Gasteiger partial charge in [-0.3, -0.25) is 9.52 Å². The highest BCUT2D eigenvalue weighted by atomic mass is 32.2. The Balaban J connectivity index is 2.07. The molecule has 7 heteroatoms. The zero-order valence-corrected chi connectivity index (χ0v) is 12.4. The number of hydrogen-bond donors (Lipinski definition) is 3. The third-order valence-corrected chi connectivity index (χ3v) is 3.73. The van der Waals surface area contributed by atoms with Gasteiger partial charge in [-0.05, 0) is 43.9 Å². The summed E-state index contributed by atoms with van der Waals surface area (Å²) < 4.78 is 24.1. The van der Waals surface area contributed by atoms with Crippen molar-refractivity contribution < 1.29 is 13.2 Å². The van der Waals surface area contributed by atoms with Crippen molar-refractivity contribution in [3.63, 3.8) is 0 Å². The highest BCUT2D eigenvalue weighted by Gasteiger charge is 2.12. The van der Waals surface area contributed by atoms with E-state index in [1.807, 2.05) is 6.08 Å². The second kappa shape index (κ2) is 6.73. The van der Waals surface area contributed by atoms with Gasteiger partial charge in [0.05, 0.1) is 5.69 Å². The Morgan fingerprint density at radius 3 is 2.67 bits per heavy atom. The SMILES string of the molecule is NS(=O)(=O)Nc1cccc(NC(=O)C2=CCCCCC2)c1. The number of nitrogens with two attached hydrogens (primary N) is 1. The topological polar surface area (TPSA) is 101 Å². The van der Waals surface area contributed by atoms with Gasteiger partial charge in [-0.1, -0.05) is 18.6 Å². The number of rotatable bonds is 4. The summed E-state index contributed by atoms with van der Waals surface area (Å²) >= 11 is 0. The second-order valence-corrected chi connectivity index (χ2v) is 6.30. The van der Waals surface area contributed by atoms with E-state index < -0.39 is 10.2 Å². The standard InChI is InChI=1S/C14H19N3O3S/c15-21(19,20)17-13-9-5-8-12(10-13)16-14(18)11-6-3-1-2-4-7-11/h5-6,8-10,17H,1-4,7H2,(H,16,18)(H2,15,19,20). The van der Waals surface area contributed by atoms with Gasteiger partial charge < -0.3 is 5.32 Å². The summed E-state index contributed by atoms with van der Waals surface area (Å²) in [7, 11) is -3.82. The molecule has 0 atom stereocenters. The first-order valence-corrected chi connectivity index (χ1v) is 8.40. The summed E-state index contributed by atoms with van der Waals surface area (Å²) in [4.78, 5) is 12.2. The highest BCUT2D eigenvalue weighted by molar-refractivity contribution is 7.90. The van der Waals surface area contributed by atoms with Gasteiger partial charge in [0, 0.05) is 11.3 Å². The molecule has 0 unspecified atom stereocenters. The van der Waals surface area contributed by atoms with Crippen LogP contribution in [-0.4, -0.2) is 14.3 Å². The number of carbonyl (C=O) groups is 1. The fourth-order valence-corrected chi connectivity index (χ4v) is 2.71. The van der Waals surface area contributed by atoms with E-state index >= 15 is 0 Å². The first-order chi connectivity index (χ1) is 9.94. The molecule has 0 spiro atoms. The molecule has 1 aliphatic rings. The minimum absolute atomic E-state index is 0.135. The summed E-state index contributed by atoms with van der Waals surface area (Å²) in [5.41, 5.74) is 1.63. The lowest BCUT2D eigenvalue weighted by Gasteiger charge is -2.09. The predicted octanol–water partition coefficient (Wildman–Crippen LogP) is 2.13. The third kappa shape index (κ3) is 5.20. The Morgan fingerprint density at radius 2 is 1.90 bits per heavy atom. The minimum atomic E-state index is -3.82. The van der Waals surface area contributed by atoms with Gasteiger partial charge in [0.2, 0.25) is 0 Å². The van der Waals surface area contributed by atoms with Crippen molar-refractivity contribution in [3.8, 4) is 0 Å². The van der Waals surface area contributed by atoms with Gasteiger partial charge in [-0.15, -0.1) is 0 Å². The molecule has 1 amide bonds. The second-order valence-electron chi connectivity index (χ2n) is 5.01. The van der Waals surface area contributed by atoms with Crippen LogP contribution in [0.1, 0.15) is 32.1 Å². The average Bonchev–Trinajstić information content (AvgIpc) is 2.65. The number of nitrogens with one attached hydrogen (secondary N) is 2. The van der Waals surface area contributed by atoms with Crippen molar-refractivity contribution in [3.05, 3.63) is 35.9 Å². The number of hydrogen-bond acceptors (Lipinski definition) is 3. The Hall–Kier alpha value is -1.86. The molecule has 6 nitrogen and oxygen atoms in total. The van der Waals surface area contributed by atoms with E-state index in [0.29, 0.717) is 11.4 Å². The maximum Gasteiger partial charge on any atom is 0.296 e. The average molecular weight is 309 g/mol. The van der Waals surface area contributed by atoms with Crippen molar-refractivity contribution in [2.24, 2.45) is 5.14 Å². The van der Waals surface area contributed by atoms with E-state index in [1.54, 1.807) is 18.2 Å². The van der Waals surface area contributed by atoms with E-state index in [2.05, 4.69) is 10.0 Å². The van der Waals surface area contributed by atoms with E-state index in [9.17, 15) is 13.2 Å². The van der Waals surface area contributed by atoms with E-state index in [0.717, 1.165) is 37.7 Å². The summed E-state index contributed by atoms with van der Waals surface area (Å²) in [6.45, 7) is 0. The molecule has 1 aromatic carbocycles. The van der Waals surface area contributed by atoms with Crippen LogP contribution in [0.4, 0.5) is 11.4 Å². The fourth-order valence-electron chi connectivity index (χ4n) is 2.26. The Bertz CT molecular complexity index is 653. The van der Waals surface area contributed by atoms with Crippen LogP contribution in [0.5, 0.6) is 0 Å². The molecule has 4 N–H and O–H groups in total. The van der Waals surface area contributed by atoms with Crippen molar-refractivity contribution in [2.45, 2.75) is 32.1 Å². The monoisotopic (exact) mass is 309 g/mol. The van der Waals surface area contributed by atoms with E-state index in [4.69, 9.17) is 5.14 Å². The predicted molar refractivity (Wildman–Crippen MR) is 83.0 cm³/mol. The number of allylic oxidation sites excluding steroid dienone is 1. The van der Waals surface area contributed by atoms with E-state index in [1.165, 1.54) is 6.07 Å². The zero-order valence-electron chi connectivity index (χ0n) is 11.6. The largest absolute Gasteiger partial charge is 0.322 e. The Labute approximate surface area is 124 Å². The van der Waals surface area contributed by atoms with Crippen molar-refractivity contribution >= 4 is 27.5 Å². The smallest absolute Gasteiger partial charge is 0.296 e. The molecular formula is C14H19N3O3S. The van der Waals surface area contributed by atoms with Gasteiger partial charge >= 0.3 is 0 Å². The van der Waals surface area contributed by atoms with Crippen LogP contribution in [0, 0.1) is 0 Å². The molecule has 2 rings (SSSR count). The van der Waals surface area contributed by atoms with Gasteiger partial charge in [-0.25, -0.2) is 5.14 Å². The van der Waals surface area contributed by atoms with Crippen LogP contribution < -0.4 is 15.2 Å². The molecule has 114 valence electrons. The Kier molecular flexibility index (Phi) is 4.98. The van der Waals surface area contributed by atoms with Crippen LogP contribution >= 0.6 is 0 Å². The molecule has 0 aromatic heterocycles. The number of benzene rings is 1. The normalized spacial score (nSPS) is 15.8. The molecule has 0 heterocycles. The molecule has 0 saturated carbocycles. The maximum atomic E-state index is 12.2. The van der Waals surface area contributed by atoms with E-state index in [-0.39, 0.29) is 5.91 Å². The quantitative estimate of drug-likeness (QED) is 0.794. The first kappa shape index (κ1) is 15.5. The molecule has 1 aromatic rings. The summed E-state index contributed by atoms with van der Waals surface area (Å²) in [5.74, 6) is -0.135. The molecule has 0 fully saturated rings. The fraction of sp³-hybridized carbons (Fsp3) is 0.357. The zero-order chi connectivity index (χ0) is 15.3. The molecule has 0 radical (unpaired) electrons. The lowest BCUT2D eigenvalue weighted by atomic mass is 10.1. The van der Waals surface area contributed by atoms with Gasteiger partial charge in [0.1, 0.15) is 0 Å². The van der Waals surface area contributed by atoms with Gasteiger partial charge in [-0.2, -0.15) is 8.42 Å². The van der Waals surface area contributed by atoms with Gasteiger partial charge in [0.15, 0.2) is 0 Å². The van der Waals surface area contributed by atoms with Crippen LogP contribution in [0.25, 0.3) is 0 Å². The van der Waals surface area contributed by atoms with Crippen LogP contribution in [0.3, 0.4) is 0 Å². The number of anilines is 2. The van der Waals surface area contributed by atoms with Crippen LogP contribution in [0.15, 0.2) is 35.9 Å². The number of amides is 1. The molecular weight excluding hydrogens is 290 g/mol. The first-order valence-electron chi connectivity index (χ1n) is 6.85. The Morgan fingerprint density at radius 1 is 1.14 bits per heavy atom. The minimum Gasteiger partial charge on any atom is -0.322 e. The van der Waals surface area contributed by atoms with Crippen LogP contribution in [0.2, 0.25) is 0 Å². The molecule has 0 bridgehead atoms. The molecule has 21 heavy (non-hydrogen) atoms. The lowest BCUT2D eigenvalue weighted by Crippen LogP contribution is -2.21. The summed E-state index contributed by atoms with van der Waals surface area (Å²) in [5, 5.41) is 7.70. The summed E-state index contributed by atoms with van der Waals surface area (Å²) in [6, 6.07) is 6.43. The molecule has 1 aliphatic carbocycles. The molecule has 0 aliphatic heterocycles. The van der Waals surface area contributed by atoms with Crippen molar-refractivity contribution in [2.75, 3.05) is 10.0 Å². The lowest BCUT2D eigenvalue weighted by molar-refractivity contribution is -0.113. The highest BCUT2D eigenvalue weighted by Crippen LogP contribution is 2.20.